The number of aliphatic hydroxyl groups is 1. The van der Waals surface area contributed by atoms with Crippen LogP contribution in [-0.4, -0.2) is 77.3 Å². The molecule has 0 bridgehead atoms. The number of rotatable bonds is 16. The molecule has 0 aromatic carbocycles. The van der Waals surface area contributed by atoms with Crippen molar-refractivity contribution >= 4 is 23.7 Å². The number of nitrogens with one attached hydrogen (secondary N) is 3. The van der Waals surface area contributed by atoms with Gasteiger partial charge in [-0.3, -0.25) is 14.4 Å². The van der Waals surface area contributed by atoms with Crippen LogP contribution in [0.15, 0.2) is 0 Å². The lowest BCUT2D eigenvalue weighted by molar-refractivity contribution is -0.142. The summed E-state index contributed by atoms with van der Waals surface area (Å²) in [7, 11) is 0. The van der Waals surface area contributed by atoms with Crippen molar-refractivity contribution < 1.29 is 29.4 Å². The van der Waals surface area contributed by atoms with Crippen LogP contribution in [0.5, 0.6) is 0 Å². The Labute approximate surface area is 182 Å². The Morgan fingerprint density at radius 1 is 0.806 bits per heavy atom. The second-order valence-corrected chi connectivity index (χ2v) is 7.53. The van der Waals surface area contributed by atoms with Crippen LogP contribution < -0.4 is 33.2 Å². The van der Waals surface area contributed by atoms with Crippen LogP contribution in [-0.2, 0) is 19.2 Å². The zero-order valence-corrected chi connectivity index (χ0v) is 18.3. The van der Waals surface area contributed by atoms with E-state index in [-0.39, 0.29) is 6.42 Å². The Kier molecular flexibility index (Phi) is 14.4. The summed E-state index contributed by atoms with van der Waals surface area (Å²) in [4.78, 5) is 48.3. The van der Waals surface area contributed by atoms with E-state index in [0.717, 1.165) is 0 Å². The van der Waals surface area contributed by atoms with Gasteiger partial charge in [-0.05, 0) is 59.0 Å². The highest BCUT2D eigenvalue weighted by molar-refractivity contribution is 5.94. The van der Waals surface area contributed by atoms with Crippen molar-refractivity contribution in [3.05, 3.63) is 0 Å². The fourth-order valence-corrected chi connectivity index (χ4v) is 2.72. The number of nitrogens with two attached hydrogens (primary N) is 3. The fraction of sp³-hybridized carbons (Fsp3) is 0.789. The van der Waals surface area contributed by atoms with Gasteiger partial charge in [-0.2, -0.15) is 0 Å². The van der Waals surface area contributed by atoms with Crippen molar-refractivity contribution in [1.29, 1.82) is 0 Å². The summed E-state index contributed by atoms with van der Waals surface area (Å²) in [6, 6.07) is -4.41. The van der Waals surface area contributed by atoms with Gasteiger partial charge in [-0.1, -0.05) is 6.42 Å². The predicted octanol–water partition coefficient (Wildman–Crippen LogP) is -2.49. The molecule has 180 valence electrons. The number of aliphatic carboxylic acids is 1. The van der Waals surface area contributed by atoms with Gasteiger partial charge >= 0.3 is 5.97 Å². The van der Waals surface area contributed by atoms with Gasteiger partial charge in [-0.25, -0.2) is 4.79 Å². The summed E-state index contributed by atoms with van der Waals surface area (Å²) in [5.41, 5.74) is 16.6. The van der Waals surface area contributed by atoms with E-state index >= 15 is 0 Å². The summed E-state index contributed by atoms with van der Waals surface area (Å²) in [5.74, 6) is -3.31. The highest BCUT2D eigenvalue weighted by Crippen LogP contribution is 2.03. The summed E-state index contributed by atoms with van der Waals surface area (Å²) in [5, 5.41) is 26.3. The van der Waals surface area contributed by atoms with E-state index in [2.05, 4.69) is 16.0 Å². The van der Waals surface area contributed by atoms with E-state index in [1.54, 1.807) is 0 Å². The molecule has 0 radical (unpaired) electrons. The Morgan fingerprint density at radius 2 is 1.35 bits per heavy atom. The molecule has 0 aliphatic rings. The van der Waals surface area contributed by atoms with Gasteiger partial charge in [0.2, 0.25) is 17.7 Å². The van der Waals surface area contributed by atoms with Crippen molar-refractivity contribution in [1.82, 2.24) is 16.0 Å². The van der Waals surface area contributed by atoms with Crippen molar-refractivity contribution in [3.63, 3.8) is 0 Å². The van der Waals surface area contributed by atoms with Crippen molar-refractivity contribution in [2.24, 2.45) is 17.2 Å². The summed E-state index contributed by atoms with van der Waals surface area (Å²) < 4.78 is 0. The monoisotopic (exact) mass is 446 g/mol. The maximum absolute atomic E-state index is 12.5. The van der Waals surface area contributed by atoms with Crippen LogP contribution in [0.1, 0.15) is 52.4 Å². The quantitative estimate of drug-likeness (QED) is 0.117. The third-order valence-electron chi connectivity index (χ3n) is 4.68. The van der Waals surface area contributed by atoms with E-state index in [4.69, 9.17) is 17.2 Å². The molecule has 0 unspecified atom stereocenters. The first-order valence-corrected chi connectivity index (χ1v) is 10.5. The predicted molar refractivity (Wildman–Crippen MR) is 115 cm³/mol. The van der Waals surface area contributed by atoms with Crippen LogP contribution in [0.4, 0.5) is 0 Å². The minimum atomic E-state index is -1.33. The van der Waals surface area contributed by atoms with Crippen LogP contribution >= 0.6 is 0 Å². The topological polar surface area (TPSA) is 223 Å². The molecule has 0 aliphatic heterocycles. The fourth-order valence-electron chi connectivity index (χ4n) is 2.72. The van der Waals surface area contributed by atoms with E-state index in [9.17, 15) is 29.4 Å². The van der Waals surface area contributed by atoms with E-state index in [1.807, 2.05) is 0 Å². The third kappa shape index (κ3) is 11.6. The number of carbonyl (C=O) groups is 4. The van der Waals surface area contributed by atoms with Gasteiger partial charge in [0.05, 0.1) is 12.1 Å². The minimum absolute atomic E-state index is 0.202. The summed E-state index contributed by atoms with van der Waals surface area (Å²) in [6.45, 7) is 3.57. The highest BCUT2D eigenvalue weighted by Gasteiger charge is 2.30. The Bertz CT molecular complexity index is 588. The largest absolute Gasteiger partial charge is 0.480 e. The van der Waals surface area contributed by atoms with Gasteiger partial charge in [0.1, 0.15) is 18.1 Å². The first-order valence-electron chi connectivity index (χ1n) is 10.5. The van der Waals surface area contributed by atoms with E-state index in [1.165, 1.54) is 13.8 Å². The summed E-state index contributed by atoms with van der Waals surface area (Å²) in [6.07, 6.45) is 1.82. The first-order chi connectivity index (χ1) is 14.5. The number of hydrogen-bond acceptors (Lipinski definition) is 8. The highest BCUT2D eigenvalue weighted by atomic mass is 16.4. The molecule has 0 spiro atoms. The lowest BCUT2D eigenvalue weighted by atomic mass is 10.1. The number of carbonyl (C=O) groups excluding carboxylic acids is 3. The number of aliphatic hydroxyl groups excluding tert-OH is 1. The second-order valence-electron chi connectivity index (χ2n) is 7.53. The molecule has 0 heterocycles. The number of carboxylic acid groups (broad SMARTS) is 1. The maximum Gasteiger partial charge on any atom is 0.326 e. The minimum Gasteiger partial charge on any atom is -0.480 e. The second kappa shape index (κ2) is 15.5. The normalized spacial score (nSPS) is 15.8. The Morgan fingerprint density at radius 3 is 1.84 bits per heavy atom. The van der Waals surface area contributed by atoms with Crippen molar-refractivity contribution in [2.75, 3.05) is 13.1 Å². The van der Waals surface area contributed by atoms with Crippen LogP contribution in [0.2, 0.25) is 0 Å². The van der Waals surface area contributed by atoms with Crippen LogP contribution in [0.3, 0.4) is 0 Å². The van der Waals surface area contributed by atoms with Gasteiger partial charge in [0, 0.05) is 0 Å². The number of unbranched alkanes of at least 4 members (excludes halogenated alkanes) is 2. The molecule has 5 atom stereocenters. The molecule has 0 rings (SSSR count). The molecule has 0 fully saturated rings. The first kappa shape index (κ1) is 28.7. The Hall–Kier alpha value is -2.28. The molecule has 12 heteroatoms. The van der Waals surface area contributed by atoms with Gasteiger partial charge in [0.25, 0.3) is 0 Å². The zero-order valence-electron chi connectivity index (χ0n) is 18.3. The van der Waals surface area contributed by atoms with E-state index in [0.29, 0.717) is 45.2 Å². The zero-order chi connectivity index (χ0) is 24.0. The van der Waals surface area contributed by atoms with Crippen molar-refractivity contribution in [2.45, 2.75) is 82.6 Å². The number of carboxylic acids is 1. The van der Waals surface area contributed by atoms with Crippen LogP contribution in [0.25, 0.3) is 0 Å². The van der Waals surface area contributed by atoms with E-state index < -0.39 is 54.0 Å². The smallest absolute Gasteiger partial charge is 0.326 e. The number of amides is 3. The van der Waals surface area contributed by atoms with Gasteiger partial charge < -0.3 is 43.4 Å². The molecule has 0 aliphatic carbocycles. The molecule has 0 aromatic heterocycles. The molecular formula is C19H38N6O6. The lowest BCUT2D eigenvalue weighted by Crippen LogP contribution is -2.59. The molecule has 0 saturated heterocycles. The molecular weight excluding hydrogens is 408 g/mol. The number of hydrogen-bond donors (Lipinski definition) is 8. The van der Waals surface area contributed by atoms with Crippen molar-refractivity contribution in [3.8, 4) is 0 Å². The maximum atomic E-state index is 12.5. The van der Waals surface area contributed by atoms with Gasteiger partial charge in [-0.15, -0.1) is 0 Å². The standard InChI is InChI=1S/C19H38N6O6/c1-11(16(27)24-14(19(30)31)8-4-6-10-21)23-18(29)15(12(2)26)25-17(28)13(22)7-3-5-9-20/h11-15,26H,3-10,20-22H2,1-2H3,(H,23,29)(H,24,27)(H,25,28)(H,30,31)/t11-,12+,13-,14-,15-/m0/s1. The lowest BCUT2D eigenvalue weighted by Gasteiger charge is -2.25. The molecule has 31 heavy (non-hydrogen) atoms. The van der Waals surface area contributed by atoms with Gasteiger partial charge in [0.15, 0.2) is 0 Å². The average molecular weight is 447 g/mol. The summed E-state index contributed by atoms with van der Waals surface area (Å²) >= 11 is 0. The molecule has 0 saturated carbocycles. The molecule has 12 nitrogen and oxygen atoms in total. The van der Waals surface area contributed by atoms with Crippen LogP contribution in [0, 0.1) is 0 Å². The Balaban J connectivity index is 4.85. The molecule has 0 aromatic rings. The third-order valence-corrected chi connectivity index (χ3v) is 4.68. The molecule has 3 amide bonds. The SMILES string of the molecule is C[C@H](NC(=O)[C@@H](NC(=O)[C@@H](N)CCCCN)[C@@H](C)O)C(=O)N[C@@H](CCCCN)C(=O)O. The molecule has 11 N–H and O–H groups in total. The average Bonchev–Trinajstić information content (AvgIpc) is 2.70.